The van der Waals surface area contributed by atoms with Crippen molar-refractivity contribution in [2.75, 3.05) is 6.61 Å². The Labute approximate surface area is 159 Å². The van der Waals surface area contributed by atoms with Gasteiger partial charge in [-0.25, -0.2) is 10.4 Å². The maximum absolute atomic E-state index is 12.0. The lowest BCUT2D eigenvalue weighted by atomic mass is 9.70. The van der Waals surface area contributed by atoms with E-state index < -0.39 is 0 Å². The Morgan fingerprint density at radius 2 is 2.12 bits per heavy atom. The summed E-state index contributed by atoms with van der Waals surface area (Å²) in [5.74, 6) is 0.383. The molecule has 2 atom stereocenters. The van der Waals surface area contributed by atoms with Gasteiger partial charge in [0.15, 0.2) is 6.61 Å². The van der Waals surface area contributed by atoms with Crippen LogP contribution in [0.25, 0.3) is 0 Å². The largest absolute Gasteiger partial charge is 0.385 e. The van der Waals surface area contributed by atoms with Crippen LogP contribution in [0.4, 0.5) is 0 Å². The minimum atomic E-state index is -0.282. The standard InChI is InChI=1S/C19H28N4O2S/c1-11-17(26-13(3)20-11)12(2)23-25-10-16(24)22-21-15-9-14-7-8-19(15,6)18(14,4)5/h14H,7-10H2,1-6H3,(H,22,24)/t14-,19-/m1/s1. The molecule has 1 amide bonds. The van der Waals surface area contributed by atoms with Crippen LogP contribution in [0.5, 0.6) is 0 Å². The first kappa shape index (κ1) is 19.0. The second kappa shape index (κ2) is 6.76. The number of hydrogen-bond acceptors (Lipinski definition) is 6. The molecule has 1 aromatic heterocycles. The summed E-state index contributed by atoms with van der Waals surface area (Å²) in [6.45, 7) is 12.5. The van der Waals surface area contributed by atoms with E-state index in [0.29, 0.717) is 5.92 Å². The molecule has 0 radical (unpaired) electrons. The predicted molar refractivity (Wildman–Crippen MR) is 105 cm³/mol. The Morgan fingerprint density at radius 3 is 2.65 bits per heavy atom. The van der Waals surface area contributed by atoms with Crippen molar-refractivity contribution >= 4 is 28.7 Å². The number of hydrazone groups is 1. The van der Waals surface area contributed by atoms with Crippen LogP contribution >= 0.6 is 11.3 Å². The molecule has 0 aromatic carbocycles. The van der Waals surface area contributed by atoms with Crippen molar-refractivity contribution in [1.82, 2.24) is 10.4 Å². The second-order valence-corrected chi connectivity index (χ2v) is 9.39. The fourth-order valence-corrected chi connectivity index (χ4v) is 5.21. The smallest absolute Gasteiger partial charge is 0.280 e. The van der Waals surface area contributed by atoms with Crippen LogP contribution in [-0.2, 0) is 9.63 Å². The first-order chi connectivity index (χ1) is 12.1. The first-order valence-corrected chi connectivity index (χ1v) is 9.93. The summed E-state index contributed by atoms with van der Waals surface area (Å²) in [7, 11) is 0. The number of carbonyl (C=O) groups is 1. The molecule has 7 heteroatoms. The third-order valence-corrected chi connectivity index (χ3v) is 7.64. The summed E-state index contributed by atoms with van der Waals surface area (Å²) in [4.78, 5) is 22.6. The van der Waals surface area contributed by atoms with Gasteiger partial charge in [0.2, 0.25) is 0 Å². The number of hydrogen-bond donors (Lipinski definition) is 1. The number of amides is 1. The van der Waals surface area contributed by atoms with Gasteiger partial charge < -0.3 is 4.84 Å². The lowest BCUT2D eigenvalue weighted by Gasteiger charge is -2.34. The van der Waals surface area contributed by atoms with Gasteiger partial charge in [-0.1, -0.05) is 25.9 Å². The predicted octanol–water partition coefficient (Wildman–Crippen LogP) is 3.82. The van der Waals surface area contributed by atoms with Crippen molar-refractivity contribution < 1.29 is 9.63 Å². The van der Waals surface area contributed by atoms with Crippen LogP contribution in [0.3, 0.4) is 0 Å². The topological polar surface area (TPSA) is 75.9 Å². The maximum atomic E-state index is 12.0. The molecule has 0 aliphatic heterocycles. The number of nitrogens with zero attached hydrogens (tertiary/aromatic N) is 3. The minimum Gasteiger partial charge on any atom is -0.385 e. The lowest BCUT2D eigenvalue weighted by Crippen LogP contribution is -2.34. The summed E-state index contributed by atoms with van der Waals surface area (Å²) in [6.07, 6.45) is 3.38. The molecule has 2 bridgehead atoms. The van der Waals surface area contributed by atoms with Gasteiger partial charge in [-0.3, -0.25) is 4.79 Å². The van der Waals surface area contributed by atoms with Gasteiger partial charge in [0.1, 0.15) is 0 Å². The highest BCUT2D eigenvalue weighted by atomic mass is 32.1. The molecule has 2 aliphatic carbocycles. The highest BCUT2D eigenvalue weighted by Crippen LogP contribution is 2.63. The van der Waals surface area contributed by atoms with Crippen LogP contribution in [0, 0.1) is 30.6 Å². The Bertz CT molecular complexity index is 781. The monoisotopic (exact) mass is 376 g/mol. The molecule has 142 valence electrons. The van der Waals surface area contributed by atoms with Crippen LogP contribution in [0.1, 0.15) is 62.5 Å². The van der Waals surface area contributed by atoms with Gasteiger partial charge in [-0.05, 0) is 51.4 Å². The van der Waals surface area contributed by atoms with Crippen molar-refractivity contribution in [2.24, 2.45) is 27.0 Å². The zero-order valence-corrected chi connectivity index (χ0v) is 17.3. The van der Waals surface area contributed by atoms with E-state index in [4.69, 9.17) is 4.84 Å². The molecule has 3 rings (SSSR count). The second-order valence-electron chi connectivity index (χ2n) is 8.18. The quantitative estimate of drug-likeness (QED) is 0.627. The van der Waals surface area contributed by atoms with E-state index in [0.717, 1.165) is 39.8 Å². The number of aryl methyl sites for hydroxylation is 2. The summed E-state index contributed by atoms with van der Waals surface area (Å²) in [5, 5.41) is 9.46. The molecule has 2 saturated carbocycles. The molecular weight excluding hydrogens is 348 g/mol. The molecule has 0 unspecified atom stereocenters. The molecule has 26 heavy (non-hydrogen) atoms. The van der Waals surface area contributed by atoms with Crippen molar-refractivity contribution in [3.8, 4) is 0 Å². The average Bonchev–Trinajstić information content (AvgIpc) is 3.08. The molecule has 1 N–H and O–H groups in total. The SMILES string of the molecule is CC(=NOCC(=O)NN=C1C[C@H]2CC[C@@]1(C)C2(C)C)c1sc(C)nc1C. The number of carbonyl (C=O) groups excluding carboxylic acids is 1. The van der Waals surface area contributed by atoms with Crippen LogP contribution in [-0.4, -0.2) is 28.9 Å². The zero-order valence-electron chi connectivity index (χ0n) is 16.5. The van der Waals surface area contributed by atoms with Crippen LogP contribution in [0.15, 0.2) is 10.3 Å². The van der Waals surface area contributed by atoms with E-state index in [1.54, 1.807) is 11.3 Å². The van der Waals surface area contributed by atoms with Crippen molar-refractivity contribution in [3.63, 3.8) is 0 Å². The van der Waals surface area contributed by atoms with E-state index in [2.05, 4.69) is 41.4 Å². The Balaban J connectivity index is 1.54. The van der Waals surface area contributed by atoms with E-state index >= 15 is 0 Å². The number of aromatic nitrogens is 1. The Morgan fingerprint density at radius 1 is 1.38 bits per heavy atom. The van der Waals surface area contributed by atoms with Gasteiger partial charge in [0.25, 0.3) is 5.91 Å². The van der Waals surface area contributed by atoms with Gasteiger partial charge in [0, 0.05) is 11.1 Å². The van der Waals surface area contributed by atoms with Gasteiger partial charge in [0.05, 0.1) is 21.3 Å². The van der Waals surface area contributed by atoms with Crippen molar-refractivity contribution in [2.45, 2.75) is 60.8 Å². The van der Waals surface area contributed by atoms with E-state index in [1.807, 2.05) is 20.8 Å². The van der Waals surface area contributed by atoms with Gasteiger partial charge in [-0.15, -0.1) is 11.3 Å². The molecule has 2 fully saturated rings. The van der Waals surface area contributed by atoms with Crippen LogP contribution < -0.4 is 5.43 Å². The normalized spacial score (nSPS) is 28.6. The molecule has 0 spiro atoms. The fraction of sp³-hybridized carbons (Fsp3) is 0.684. The van der Waals surface area contributed by atoms with E-state index in [-0.39, 0.29) is 23.3 Å². The molecular formula is C19H28N4O2S. The summed E-state index contributed by atoms with van der Waals surface area (Å²) in [5.41, 5.74) is 5.76. The Kier molecular flexibility index (Phi) is 4.94. The molecule has 1 aromatic rings. The highest BCUT2D eigenvalue weighted by molar-refractivity contribution is 7.13. The minimum absolute atomic E-state index is 0.0854. The van der Waals surface area contributed by atoms with E-state index in [1.165, 1.54) is 6.42 Å². The van der Waals surface area contributed by atoms with Gasteiger partial charge in [-0.2, -0.15) is 5.10 Å². The molecule has 1 heterocycles. The summed E-state index contributed by atoms with van der Waals surface area (Å²) >= 11 is 1.57. The molecule has 6 nitrogen and oxygen atoms in total. The van der Waals surface area contributed by atoms with E-state index in [9.17, 15) is 4.79 Å². The molecule has 0 saturated heterocycles. The summed E-state index contributed by atoms with van der Waals surface area (Å²) in [6, 6.07) is 0. The lowest BCUT2D eigenvalue weighted by molar-refractivity contribution is -0.125. The summed E-state index contributed by atoms with van der Waals surface area (Å²) < 4.78 is 0. The average molecular weight is 377 g/mol. The number of oxime groups is 1. The van der Waals surface area contributed by atoms with Gasteiger partial charge >= 0.3 is 0 Å². The number of thiazole rings is 1. The van der Waals surface area contributed by atoms with Crippen molar-refractivity contribution in [3.05, 3.63) is 15.6 Å². The maximum Gasteiger partial charge on any atom is 0.280 e. The Hall–Kier alpha value is -1.76. The highest BCUT2D eigenvalue weighted by Gasteiger charge is 2.59. The molecule has 2 aliphatic rings. The van der Waals surface area contributed by atoms with Crippen molar-refractivity contribution in [1.29, 1.82) is 0 Å². The third kappa shape index (κ3) is 3.17. The van der Waals surface area contributed by atoms with Crippen LogP contribution in [0.2, 0.25) is 0 Å². The zero-order chi connectivity index (χ0) is 19.1. The fourth-order valence-electron chi connectivity index (χ4n) is 4.36. The third-order valence-electron chi connectivity index (χ3n) is 6.46. The first-order valence-electron chi connectivity index (χ1n) is 9.12. The number of nitrogens with one attached hydrogen (secondary N) is 1. The number of fused-ring (bicyclic) bond motifs is 2. The number of rotatable bonds is 5.